The van der Waals surface area contributed by atoms with Crippen LogP contribution >= 0.6 is 12.2 Å². The molecule has 0 aromatic carbocycles. The lowest BCUT2D eigenvalue weighted by Gasteiger charge is -2.29. The van der Waals surface area contributed by atoms with Crippen LogP contribution in [0.5, 0.6) is 0 Å². The summed E-state index contributed by atoms with van der Waals surface area (Å²) in [6, 6.07) is 4.44. The van der Waals surface area contributed by atoms with Gasteiger partial charge >= 0.3 is 0 Å². The predicted octanol–water partition coefficient (Wildman–Crippen LogP) is 3.04. The van der Waals surface area contributed by atoms with E-state index in [1.165, 1.54) is 25.7 Å². The Balaban J connectivity index is 1.99. The van der Waals surface area contributed by atoms with Crippen LogP contribution in [-0.2, 0) is 0 Å². The fraction of sp³-hybridized carbons (Fsp3) is 0.538. The minimum absolute atomic E-state index is 0.536. The molecule has 0 saturated carbocycles. The van der Waals surface area contributed by atoms with E-state index in [1.807, 2.05) is 12.1 Å². The van der Waals surface area contributed by atoms with Crippen LogP contribution in [0.15, 0.2) is 24.5 Å². The third-order valence-electron chi connectivity index (χ3n) is 3.23. The molecule has 0 bridgehead atoms. The zero-order chi connectivity index (χ0) is 12.1. The Bertz CT molecular complexity index is 366. The maximum atomic E-state index is 5.48. The van der Waals surface area contributed by atoms with E-state index in [0.717, 1.165) is 17.3 Å². The Kier molecular flexibility index (Phi) is 4.31. The highest BCUT2D eigenvalue weighted by Crippen LogP contribution is 2.17. The van der Waals surface area contributed by atoms with Gasteiger partial charge in [0.1, 0.15) is 0 Å². The molecule has 0 aliphatic carbocycles. The molecule has 1 saturated heterocycles. The second-order valence-electron chi connectivity index (χ2n) is 4.56. The van der Waals surface area contributed by atoms with Crippen LogP contribution in [0.4, 0.5) is 5.69 Å². The summed E-state index contributed by atoms with van der Waals surface area (Å²) in [5.41, 5.74) is 0.967. The topological polar surface area (TPSA) is 28.2 Å². The molecule has 1 aromatic rings. The molecular formula is C13H19N3S. The SMILES string of the molecule is CC1CCCCCN1C(=S)Nc1cccnc1. The number of pyridine rings is 1. The van der Waals surface area contributed by atoms with E-state index in [-0.39, 0.29) is 0 Å². The molecule has 2 rings (SSSR count). The van der Waals surface area contributed by atoms with Crippen LogP contribution in [-0.4, -0.2) is 27.6 Å². The normalized spacial score (nSPS) is 20.8. The fourth-order valence-corrected chi connectivity index (χ4v) is 2.60. The molecule has 2 heterocycles. The smallest absolute Gasteiger partial charge is 0.173 e. The monoisotopic (exact) mass is 249 g/mol. The van der Waals surface area contributed by atoms with Gasteiger partial charge in [-0.1, -0.05) is 12.8 Å². The summed E-state index contributed by atoms with van der Waals surface area (Å²) in [4.78, 5) is 6.38. The summed E-state index contributed by atoms with van der Waals surface area (Å²) in [6.07, 6.45) is 8.66. The number of rotatable bonds is 1. The molecule has 4 heteroatoms. The Morgan fingerprint density at radius 2 is 2.35 bits per heavy atom. The van der Waals surface area contributed by atoms with Gasteiger partial charge in [-0.3, -0.25) is 4.98 Å². The van der Waals surface area contributed by atoms with E-state index in [9.17, 15) is 0 Å². The van der Waals surface area contributed by atoms with E-state index in [4.69, 9.17) is 12.2 Å². The second kappa shape index (κ2) is 5.96. The third kappa shape index (κ3) is 3.40. The Morgan fingerprint density at radius 3 is 3.12 bits per heavy atom. The zero-order valence-electron chi connectivity index (χ0n) is 10.2. The van der Waals surface area contributed by atoms with Crippen molar-refractivity contribution in [1.29, 1.82) is 0 Å². The summed E-state index contributed by atoms with van der Waals surface area (Å²) >= 11 is 5.48. The van der Waals surface area contributed by atoms with Gasteiger partial charge in [0.15, 0.2) is 5.11 Å². The minimum atomic E-state index is 0.536. The largest absolute Gasteiger partial charge is 0.346 e. The molecule has 0 spiro atoms. The highest BCUT2D eigenvalue weighted by atomic mass is 32.1. The van der Waals surface area contributed by atoms with Gasteiger partial charge in [-0.25, -0.2) is 0 Å². The standard InChI is InChI=1S/C13H19N3S/c1-11-6-3-2-4-9-16(11)13(17)15-12-7-5-8-14-10-12/h5,7-8,10-11H,2-4,6,9H2,1H3,(H,15,17). The van der Waals surface area contributed by atoms with Gasteiger partial charge in [0, 0.05) is 18.8 Å². The van der Waals surface area contributed by atoms with Crippen molar-refractivity contribution in [3.63, 3.8) is 0 Å². The van der Waals surface area contributed by atoms with Crippen molar-refractivity contribution in [2.45, 2.75) is 38.6 Å². The van der Waals surface area contributed by atoms with Gasteiger partial charge in [-0.2, -0.15) is 0 Å². The molecule has 3 nitrogen and oxygen atoms in total. The van der Waals surface area contributed by atoms with E-state index >= 15 is 0 Å². The number of thiocarbonyl (C=S) groups is 1. The molecule has 1 aliphatic rings. The first-order chi connectivity index (χ1) is 8.27. The second-order valence-corrected chi connectivity index (χ2v) is 4.95. The summed E-state index contributed by atoms with van der Waals surface area (Å²) < 4.78 is 0. The molecule has 1 fully saturated rings. The van der Waals surface area contributed by atoms with Crippen LogP contribution in [0.25, 0.3) is 0 Å². The number of hydrogen-bond donors (Lipinski definition) is 1. The van der Waals surface area contributed by atoms with Crippen molar-refractivity contribution in [3.8, 4) is 0 Å². The molecule has 1 N–H and O–H groups in total. The first-order valence-corrected chi connectivity index (χ1v) is 6.66. The molecule has 1 aliphatic heterocycles. The van der Waals surface area contributed by atoms with Gasteiger partial charge in [-0.15, -0.1) is 0 Å². The van der Waals surface area contributed by atoms with Crippen LogP contribution in [0, 0.1) is 0 Å². The summed E-state index contributed by atoms with van der Waals surface area (Å²) in [5, 5.41) is 4.09. The lowest BCUT2D eigenvalue weighted by molar-refractivity contribution is 0.341. The maximum absolute atomic E-state index is 5.48. The zero-order valence-corrected chi connectivity index (χ0v) is 11.0. The van der Waals surface area contributed by atoms with Crippen molar-refractivity contribution in [2.75, 3.05) is 11.9 Å². The van der Waals surface area contributed by atoms with E-state index in [0.29, 0.717) is 6.04 Å². The van der Waals surface area contributed by atoms with Crippen LogP contribution in [0.1, 0.15) is 32.6 Å². The maximum Gasteiger partial charge on any atom is 0.173 e. The lowest BCUT2D eigenvalue weighted by Crippen LogP contribution is -2.40. The Labute approximate surface area is 108 Å². The highest BCUT2D eigenvalue weighted by molar-refractivity contribution is 7.80. The molecule has 1 atom stereocenters. The van der Waals surface area contributed by atoms with Gasteiger partial charge in [0.25, 0.3) is 0 Å². The Hall–Kier alpha value is -1.16. The summed E-state index contributed by atoms with van der Waals surface area (Å²) in [7, 11) is 0. The lowest BCUT2D eigenvalue weighted by atomic mass is 10.1. The molecule has 92 valence electrons. The number of anilines is 1. The third-order valence-corrected chi connectivity index (χ3v) is 3.56. The molecule has 1 unspecified atom stereocenters. The summed E-state index contributed by atoms with van der Waals surface area (Å²) in [5.74, 6) is 0. The first kappa shape index (κ1) is 12.3. The van der Waals surface area contributed by atoms with E-state index in [2.05, 4.69) is 22.1 Å². The van der Waals surface area contributed by atoms with Crippen LogP contribution in [0.2, 0.25) is 0 Å². The summed E-state index contributed by atoms with van der Waals surface area (Å²) in [6.45, 7) is 3.32. The quantitative estimate of drug-likeness (QED) is 0.774. The van der Waals surface area contributed by atoms with Gasteiger partial charge in [-0.05, 0) is 44.1 Å². The molecule has 0 radical (unpaired) electrons. The van der Waals surface area contributed by atoms with Crippen molar-refractivity contribution < 1.29 is 0 Å². The van der Waals surface area contributed by atoms with Crippen LogP contribution < -0.4 is 5.32 Å². The van der Waals surface area contributed by atoms with Gasteiger partial charge < -0.3 is 10.2 Å². The van der Waals surface area contributed by atoms with Crippen molar-refractivity contribution in [3.05, 3.63) is 24.5 Å². The first-order valence-electron chi connectivity index (χ1n) is 6.25. The molecule has 0 amide bonds. The van der Waals surface area contributed by atoms with Crippen molar-refractivity contribution in [1.82, 2.24) is 9.88 Å². The number of likely N-dealkylation sites (tertiary alicyclic amines) is 1. The van der Waals surface area contributed by atoms with Gasteiger partial charge in [0.05, 0.1) is 11.9 Å². The van der Waals surface area contributed by atoms with E-state index < -0.39 is 0 Å². The van der Waals surface area contributed by atoms with Crippen molar-refractivity contribution >= 4 is 23.0 Å². The average molecular weight is 249 g/mol. The average Bonchev–Trinajstić information content (AvgIpc) is 2.55. The minimum Gasteiger partial charge on any atom is -0.346 e. The molecule has 17 heavy (non-hydrogen) atoms. The van der Waals surface area contributed by atoms with Crippen LogP contribution in [0.3, 0.4) is 0 Å². The van der Waals surface area contributed by atoms with E-state index in [1.54, 1.807) is 12.4 Å². The highest BCUT2D eigenvalue weighted by Gasteiger charge is 2.19. The van der Waals surface area contributed by atoms with Crippen molar-refractivity contribution in [2.24, 2.45) is 0 Å². The fourth-order valence-electron chi connectivity index (χ4n) is 2.21. The predicted molar refractivity (Wildman–Crippen MR) is 75.1 cm³/mol. The molecular weight excluding hydrogens is 230 g/mol. The number of hydrogen-bond acceptors (Lipinski definition) is 2. The van der Waals surface area contributed by atoms with Gasteiger partial charge in [0.2, 0.25) is 0 Å². The number of nitrogens with one attached hydrogen (secondary N) is 1. The number of aromatic nitrogens is 1. The number of nitrogens with zero attached hydrogens (tertiary/aromatic N) is 2. The molecule has 1 aromatic heterocycles. The Morgan fingerprint density at radius 1 is 1.47 bits per heavy atom.